The van der Waals surface area contributed by atoms with Gasteiger partial charge in [-0.1, -0.05) is 59.0 Å². The smallest absolute Gasteiger partial charge is 0.345 e. The number of hydrogen-bond donors (Lipinski definition) is 0. The van der Waals surface area contributed by atoms with Crippen LogP contribution in [-0.4, -0.2) is 0 Å². The second kappa shape index (κ2) is 20.7. The predicted octanol–water partition coefficient (Wildman–Crippen LogP) is 3.24. The van der Waals surface area contributed by atoms with Crippen LogP contribution in [0.3, 0.4) is 0 Å². The van der Waals surface area contributed by atoms with Crippen molar-refractivity contribution in [1.82, 2.24) is 0 Å². The van der Waals surface area contributed by atoms with E-state index in [0.717, 1.165) is 12.3 Å². The van der Waals surface area contributed by atoms with Crippen LogP contribution in [0.4, 0.5) is 0 Å². The molecular weight excluding hydrogens is 243 g/mol. The van der Waals surface area contributed by atoms with Gasteiger partial charge < -0.3 is 13.8 Å². The molecule has 18 heavy (non-hydrogen) atoms. The quantitative estimate of drug-likeness (QED) is 0.249. The van der Waals surface area contributed by atoms with Gasteiger partial charge >= 0.3 is 51.4 Å². The van der Waals surface area contributed by atoms with Crippen molar-refractivity contribution in [2.24, 2.45) is 11.8 Å². The minimum atomic E-state index is 0. The first kappa shape index (κ1) is 24.4. The van der Waals surface area contributed by atoms with Gasteiger partial charge in [0.25, 0.3) is 0 Å². The Balaban J connectivity index is -0.000000709. The van der Waals surface area contributed by atoms with Crippen LogP contribution >= 0.6 is 0 Å². The van der Waals surface area contributed by atoms with Crippen molar-refractivity contribution in [3.8, 4) is 0 Å². The number of allylic oxidation sites excluding steroid dienone is 1. The second-order valence-corrected chi connectivity index (χ2v) is 4.76. The molecule has 2 atom stereocenters. The van der Waals surface area contributed by atoms with Crippen LogP contribution in [0.1, 0.15) is 72.1 Å². The van der Waals surface area contributed by atoms with E-state index in [1.54, 1.807) is 0 Å². The molecule has 0 radical (unpaired) electrons. The van der Waals surface area contributed by atoms with Crippen molar-refractivity contribution >= 4 is 0 Å². The van der Waals surface area contributed by atoms with Crippen molar-refractivity contribution in [3.05, 3.63) is 26.5 Å². The second-order valence-electron chi connectivity index (χ2n) is 4.76. The third-order valence-corrected chi connectivity index (χ3v) is 3.07. The molecule has 0 aliphatic rings. The van der Waals surface area contributed by atoms with Crippen LogP contribution in [0.2, 0.25) is 0 Å². The topological polar surface area (TPSA) is 0 Å². The summed E-state index contributed by atoms with van der Waals surface area (Å²) in [4.78, 5) is 0. The Labute approximate surface area is 160 Å². The van der Waals surface area contributed by atoms with Gasteiger partial charge in [-0.2, -0.15) is 5.92 Å². The molecule has 2 unspecified atom stereocenters. The van der Waals surface area contributed by atoms with Crippen LogP contribution in [0.25, 0.3) is 0 Å². The third kappa shape index (κ3) is 19.7. The van der Waals surface area contributed by atoms with Gasteiger partial charge in [0.15, 0.2) is 0 Å². The molecule has 0 bridgehead atoms. The fourth-order valence-electron chi connectivity index (χ4n) is 1.83. The zero-order valence-corrected chi connectivity index (χ0v) is 16.6. The van der Waals surface area contributed by atoms with E-state index in [9.17, 15) is 0 Å². The van der Waals surface area contributed by atoms with E-state index >= 15 is 0 Å². The average molecular weight is 278 g/mol. The summed E-state index contributed by atoms with van der Waals surface area (Å²) in [5.74, 6) is 1.45. The van der Waals surface area contributed by atoms with E-state index in [-0.39, 0.29) is 51.4 Å². The Morgan fingerprint density at radius 1 is 1.06 bits per heavy atom. The first-order valence-electron chi connectivity index (χ1n) is 7.44. The molecule has 0 spiro atoms. The molecule has 0 fully saturated rings. The van der Waals surface area contributed by atoms with Crippen LogP contribution < -0.4 is 51.4 Å². The Hall–Kier alpha value is 1.38. The maximum atomic E-state index is 4.07. The summed E-state index contributed by atoms with van der Waals surface area (Å²) in [7, 11) is 0. The average Bonchev–Trinajstić information content (AvgIpc) is 2.37. The summed E-state index contributed by atoms with van der Waals surface area (Å²) >= 11 is 0. The van der Waals surface area contributed by atoms with Gasteiger partial charge in [-0.25, -0.2) is 6.42 Å². The molecular formula is C17H34K-. The molecule has 0 saturated carbocycles. The first-order chi connectivity index (χ1) is 8.20. The largest absolute Gasteiger partial charge is 1.00 e. The maximum Gasteiger partial charge on any atom is 1.00 e. The normalized spacial score (nSPS) is 12.7. The summed E-state index contributed by atoms with van der Waals surface area (Å²) in [5.41, 5.74) is 0. The monoisotopic (exact) mass is 277 g/mol. The Morgan fingerprint density at radius 2 is 1.61 bits per heavy atom. The molecule has 0 amide bonds. The van der Waals surface area contributed by atoms with E-state index < -0.39 is 0 Å². The molecule has 0 rings (SSSR count). The van der Waals surface area contributed by atoms with Gasteiger partial charge in [0.05, 0.1) is 0 Å². The Kier molecular flexibility index (Phi) is 28.0. The molecule has 0 N–H and O–H groups in total. The number of rotatable bonds is 10. The minimum absolute atomic E-state index is 0. The molecule has 0 heterocycles. The van der Waals surface area contributed by atoms with Gasteiger partial charge in [0, 0.05) is 0 Å². The number of unbranched alkanes of at least 4 members (excludes halogenated alkanes) is 2. The van der Waals surface area contributed by atoms with Gasteiger partial charge in [0.2, 0.25) is 0 Å². The summed E-state index contributed by atoms with van der Waals surface area (Å²) in [5, 5.41) is 0. The third-order valence-electron chi connectivity index (χ3n) is 3.07. The van der Waals surface area contributed by atoms with Crippen LogP contribution in [0, 0.1) is 25.7 Å². The predicted molar refractivity (Wildman–Crippen MR) is 81.8 cm³/mol. The summed E-state index contributed by atoms with van der Waals surface area (Å²) in [6.45, 7) is 18.1. The molecule has 0 saturated heterocycles. The zero-order chi connectivity index (χ0) is 13.5. The van der Waals surface area contributed by atoms with E-state index in [1.165, 1.54) is 44.9 Å². The summed E-state index contributed by atoms with van der Waals surface area (Å²) < 4.78 is 0. The van der Waals surface area contributed by atoms with E-state index in [2.05, 4.69) is 27.4 Å². The Morgan fingerprint density at radius 3 is 2.11 bits per heavy atom. The SMILES string of the molecule is C=CCCCCC(C)CCCC([CH2-])C[CH2-].CC.[K+]. The molecule has 0 aliphatic carbocycles. The fourth-order valence-corrected chi connectivity index (χ4v) is 1.83. The zero-order valence-electron chi connectivity index (χ0n) is 13.5. The van der Waals surface area contributed by atoms with Crippen LogP contribution in [0.5, 0.6) is 0 Å². The molecule has 0 aromatic heterocycles. The Bertz CT molecular complexity index is 143. The van der Waals surface area contributed by atoms with Crippen molar-refractivity contribution in [1.29, 1.82) is 0 Å². The number of hydrogen-bond acceptors (Lipinski definition) is 0. The molecule has 104 valence electrons. The minimum Gasteiger partial charge on any atom is -0.345 e. The summed E-state index contributed by atoms with van der Waals surface area (Å²) in [6.07, 6.45) is 12.2. The van der Waals surface area contributed by atoms with Gasteiger partial charge in [-0.3, -0.25) is 0 Å². The first-order valence-corrected chi connectivity index (χ1v) is 7.44. The van der Waals surface area contributed by atoms with E-state index in [4.69, 9.17) is 0 Å². The molecule has 0 aliphatic heterocycles. The van der Waals surface area contributed by atoms with Gasteiger partial charge in [-0.15, -0.1) is 6.58 Å². The maximum absolute atomic E-state index is 4.07. The molecule has 0 nitrogen and oxygen atoms in total. The molecule has 1 heteroatoms. The van der Waals surface area contributed by atoms with Crippen LogP contribution in [-0.2, 0) is 0 Å². The van der Waals surface area contributed by atoms with Crippen molar-refractivity contribution < 1.29 is 51.4 Å². The van der Waals surface area contributed by atoms with Crippen molar-refractivity contribution in [2.75, 3.05) is 0 Å². The van der Waals surface area contributed by atoms with Gasteiger partial charge in [0.1, 0.15) is 0 Å². The van der Waals surface area contributed by atoms with E-state index in [1.807, 2.05) is 19.9 Å². The van der Waals surface area contributed by atoms with Crippen molar-refractivity contribution in [2.45, 2.75) is 72.1 Å². The summed E-state index contributed by atoms with van der Waals surface area (Å²) in [6, 6.07) is 0. The molecule has 0 aromatic carbocycles. The van der Waals surface area contributed by atoms with E-state index in [0.29, 0.717) is 5.92 Å². The fraction of sp³-hybridized carbons (Fsp3) is 0.765. The van der Waals surface area contributed by atoms with Crippen LogP contribution in [0.15, 0.2) is 12.7 Å². The standard InChI is InChI=1S/C15H28.C2H6.K/c1-5-7-8-9-11-15(4)13-10-12-14(3)6-2;1-2;/h5,14-15H,1-3,6-13H2,4H3;1-2H3;/q-2;;+1. The molecule has 0 aromatic rings. The van der Waals surface area contributed by atoms with Gasteiger partial charge in [-0.05, 0) is 18.8 Å². The van der Waals surface area contributed by atoms with Crippen molar-refractivity contribution in [3.63, 3.8) is 0 Å².